The minimum absolute atomic E-state index is 0.0271. The van der Waals surface area contributed by atoms with Crippen LogP contribution in [-0.4, -0.2) is 135 Å². The summed E-state index contributed by atoms with van der Waals surface area (Å²) in [6, 6.07) is -2.21. The molecule has 0 radical (unpaired) electrons. The lowest BCUT2D eigenvalue weighted by molar-refractivity contribution is -0.151. The fourth-order valence-electron chi connectivity index (χ4n) is 13.0. The number of aliphatic hydroxyl groups excluding tert-OH is 1. The van der Waals surface area contributed by atoms with E-state index in [9.17, 15) is 43.2 Å². The first-order valence-corrected chi connectivity index (χ1v) is 47.1. The van der Waals surface area contributed by atoms with Crippen molar-refractivity contribution in [2.24, 2.45) is 0 Å². The number of esters is 2. The number of hydrogen-bond donors (Lipinski definition) is 7. The molecule has 630 valence electrons. The molecule has 0 spiro atoms. The van der Waals surface area contributed by atoms with Crippen LogP contribution in [0.25, 0.3) is 0 Å². The zero-order valence-electron chi connectivity index (χ0n) is 68.9. The highest BCUT2D eigenvalue weighted by Crippen LogP contribution is 2.44. The predicted octanol–water partition coefficient (Wildman–Crippen LogP) is 21.9. The summed E-state index contributed by atoms with van der Waals surface area (Å²) in [5.74, 6) is -0.600. The molecule has 0 fully saturated rings. The second kappa shape index (κ2) is 78.0. The van der Waals surface area contributed by atoms with Gasteiger partial charge in [0.15, 0.2) is 0 Å². The quantitative estimate of drug-likeness (QED) is 0.0129. The third-order valence-electron chi connectivity index (χ3n) is 19.7. The molecule has 3 amide bonds. The van der Waals surface area contributed by atoms with E-state index in [1.165, 1.54) is 167 Å². The van der Waals surface area contributed by atoms with Gasteiger partial charge in [-0.1, -0.05) is 324 Å². The SMILES string of the molecule is CCCCCCCCCCCCCC(=O)N[C@@H](COCC[C@@H](CCCCCCC)OC(=O)CCCCCCCCCCC)COP(=O)(O)OCCNC(=O)NCCOP(=O)(O)OC[C@H](COCC[C@@H](CCCCCCC)OC(=O)CCCCCCCCCCC)NC(O)CCCCCCCCCCCCC. The van der Waals surface area contributed by atoms with Crippen LogP contribution in [-0.2, 0) is 60.6 Å². The van der Waals surface area contributed by atoms with E-state index in [1.807, 2.05) is 0 Å². The van der Waals surface area contributed by atoms with E-state index in [-0.39, 0.29) is 82.6 Å². The fourth-order valence-corrected chi connectivity index (χ4v) is 14.6. The molecule has 0 aromatic rings. The number of nitrogens with one attached hydrogen (secondary N) is 4. The maximum atomic E-state index is 13.3. The zero-order valence-corrected chi connectivity index (χ0v) is 70.7. The van der Waals surface area contributed by atoms with Crippen LogP contribution >= 0.6 is 15.6 Å². The largest absolute Gasteiger partial charge is 0.472 e. The maximum Gasteiger partial charge on any atom is 0.472 e. The molecule has 0 heterocycles. The van der Waals surface area contributed by atoms with Crippen molar-refractivity contribution in [1.82, 2.24) is 21.3 Å². The van der Waals surface area contributed by atoms with Crippen molar-refractivity contribution in [3.05, 3.63) is 0 Å². The van der Waals surface area contributed by atoms with Gasteiger partial charge in [0, 0.05) is 45.2 Å². The maximum absolute atomic E-state index is 13.3. The van der Waals surface area contributed by atoms with E-state index >= 15 is 0 Å². The molecule has 0 rings (SSSR count). The van der Waals surface area contributed by atoms with Crippen LogP contribution in [0.4, 0.5) is 4.79 Å². The van der Waals surface area contributed by atoms with E-state index in [1.54, 1.807) is 0 Å². The molecule has 3 unspecified atom stereocenters. The second-order valence-electron chi connectivity index (χ2n) is 30.1. The molecule has 23 heteroatoms. The van der Waals surface area contributed by atoms with Gasteiger partial charge < -0.3 is 49.8 Å². The highest BCUT2D eigenvalue weighted by molar-refractivity contribution is 7.47. The summed E-state index contributed by atoms with van der Waals surface area (Å²) < 4.78 is 71.8. The Labute approximate surface area is 648 Å². The van der Waals surface area contributed by atoms with Crippen LogP contribution in [0.3, 0.4) is 0 Å². The van der Waals surface area contributed by atoms with Crippen LogP contribution in [0.5, 0.6) is 0 Å². The smallest absolute Gasteiger partial charge is 0.462 e. The summed E-state index contributed by atoms with van der Waals surface area (Å²) in [6.07, 6.45) is 59.7. The molecule has 0 saturated carbocycles. The van der Waals surface area contributed by atoms with Crippen molar-refractivity contribution in [2.75, 3.05) is 65.9 Å². The minimum Gasteiger partial charge on any atom is -0.462 e. The van der Waals surface area contributed by atoms with Gasteiger partial charge in [-0.15, -0.1) is 0 Å². The standard InChI is InChI=1S/C83H166N4O17P2/c1-7-13-19-25-29-33-35-39-41-47-53-59-79(88)86-75(71-97-67-63-77(57-51-45-23-17-11-5)103-81(90)61-55-49-43-37-31-27-21-15-9-3)73-101-105(93,94)99-69-65-84-83(92)85-66-70-100-106(95,96)102-74-76(87-80(89)60-54-48-42-40-36-34-30-26-20-14-8-2)72-98-68-64-78(58-52-46-24-18-12-6)104-82(91)62-56-50-44-38-32-28-22-16-10-4/h75-79,86,88H,7-74H2,1-6H3,(H,87,89)(H,93,94)(H,95,96)(H2,84,85,92)/t75-,76-,77+,78+,79?/m0/s1. The summed E-state index contributed by atoms with van der Waals surface area (Å²) in [6.45, 7) is 11.8. The molecule has 0 aliphatic carbocycles. The molecule has 106 heavy (non-hydrogen) atoms. The average molecular weight is 1550 g/mol. The molecular formula is C83H166N4O17P2. The van der Waals surface area contributed by atoms with Gasteiger partial charge in [0.2, 0.25) is 5.91 Å². The number of carbonyl (C=O) groups excluding carboxylic acids is 4. The summed E-state index contributed by atoms with van der Waals surface area (Å²) in [5, 5.41) is 22.2. The Hall–Kier alpha value is -2.26. The third kappa shape index (κ3) is 74.5. The molecule has 0 aliphatic rings. The molecule has 21 nitrogen and oxygen atoms in total. The van der Waals surface area contributed by atoms with Crippen molar-refractivity contribution >= 4 is 39.5 Å². The van der Waals surface area contributed by atoms with Crippen LogP contribution < -0.4 is 21.3 Å². The van der Waals surface area contributed by atoms with Gasteiger partial charge in [-0.05, 0) is 57.8 Å². The van der Waals surface area contributed by atoms with Gasteiger partial charge in [-0.25, -0.2) is 13.9 Å². The van der Waals surface area contributed by atoms with Crippen LogP contribution in [0, 0.1) is 0 Å². The number of rotatable bonds is 85. The number of hydrogen-bond acceptors (Lipinski definition) is 16. The predicted molar refractivity (Wildman–Crippen MR) is 433 cm³/mol. The number of phosphoric acid groups is 2. The van der Waals surface area contributed by atoms with Crippen LogP contribution in [0.1, 0.15) is 414 Å². The van der Waals surface area contributed by atoms with Gasteiger partial charge in [-0.3, -0.25) is 37.8 Å². The van der Waals surface area contributed by atoms with E-state index < -0.39 is 59.8 Å². The van der Waals surface area contributed by atoms with E-state index in [0.29, 0.717) is 38.5 Å². The highest BCUT2D eigenvalue weighted by Gasteiger charge is 2.27. The van der Waals surface area contributed by atoms with Gasteiger partial charge in [0.1, 0.15) is 18.4 Å². The lowest BCUT2D eigenvalue weighted by atomic mass is 10.0. The summed E-state index contributed by atoms with van der Waals surface area (Å²) >= 11 is 0. The number of phosphoric ester groups is 2. The topological polar surface area (TPSA) is 285 Å². The van der Waals surface area contributed by atoms with Crippen molar-refractivity contribution in [3.8, 4) is 0 Å². The Bertz CT molecular complexity index is 2060. The highest BCUT2D eigenvalue weighted by atomic mass is 31.2. The normalized spacial score (nSPS) is 14.3. The number of unbranched alkanes of at least 4 members (excludes halogenated alkanes) is 44. The molecule has 7 N–H and O–H groups in total. The zero-order chi connectivity index (χ0) is 77.8. The first-order chi connectivity index (χ1) is 51.5. The molecule has 0 saturated heterocycles. The Kier molecular flexibility index (Phi) is 76.4. The number of urea groups is 1. The van der Waals surface area contributed by atoms with Crippen molar-refractivity contribution in [1.29, 1.82) is 0 Å². The average Bonchev–Trinajstić information content (AvgIpc) is 0.919. The monoisotopic (exact) mass is 1550 g/mol. The Morgan fingerprint density at radius 2 is 0.604 bits per heavy atom. The first-order valence-electron chi connectivity index (χ1n) is 44.1. The lowest BCUT2D eigenvalue weighted by Gasteiger charge is -2.24. The van der Waals surface area contributed by atoms with Crippen molar-refractivity contribution in [2.45, 2.75) is 444 Å². The molecular weight excluding hydrogens is 1390 g/mol. The van der Waals surface area contributed by atoms with Crippen LogP contribution in [0.2, 0.25) is 0 Å². The van der Waals surface area contributed by atoms with Gasteiger partial charge in [0.25, 0.3) is 0 Å². The minimum atomic E-state index is -4.70. The molecule has 0 aromatic carbocycles. The van der Waals surface area contributed by atoms with E-state index in [0.717, 1.165) is 161 Å². The number of amides is 3. The fraction of sp³-hybridized carbons (Fsp3) is 0.952. The second-order valence-corrected chi connectivity index (χ2v) is 33.1. The molecule has 0 aromatic heterocycles. The number of carbonyl (C=O) groups is 4. The van der Waals surface area contributed by atoms with E-state index in [4.69, 9.17) is 37.0 Å². The summed E-state index contributed by atoms with van der Waals surface area (Å²) in [5.41, 5.74) is 0. The number of aliphatic hydroxyl groups is 1. The molecule has 0 bridgehead atoms. The molecule has 0 aliphatic heterocycles. The van der Waals surface area contributed by atoms with Crippen molar-refractivity contribution in [3.63, 3.8) is 0 Å². The first kappa shape index (κ1) is 104. The van der Waals surface area contributed by atoms with Gasteiger partial charge >= 0.3 is 33.6 Å². The summed E-state index contributed by atoms with van der Waals surface area (Å²) in [4.78, 5) is 73.6. The Morgan fingerprint density at radius 3 is 0.943 bits per heavy atom. The lowest BCUT2D eigenvalue weighted by Crippen LogP contribution is -2.44. The van der Waals surface area contributed by atoms with Gasteiger partial charge in [0.05, 0.1) is 64.9 Å². The molecule has 7 atom stereocenters. The van der Waals surface area contributed by atoms with Crippen LogP contribution in [0.15, 0.2) is 0 Å². The Morgan fingerprint density at radius 1 is 0.321 bits per heavy atom. The number of ether oxygens (including phenoxy) is 4. The van der Waals surface area contributed by atoms with Gasteiger partial charge in [-0.2, -0.15) is 0 Å². The van der Waals surface area contributed by atoms with Crippen molar-refractivity contribution < 1.29 is 80.2 Å². The third-order valence-corrected chi connectivity index (χ3v) is 21.6. The van der Waals surface area contributed by atoms with E-state index in [2.05, 4.69) is 62.8 Å². The Balaban J connectivity index is 5.56. The summed E-state index contributed by atoms with van der Waals surface area (Å²) in [7, 11) is -9.37.